The molecule has 1 aliphatic rings. The van der Waals surface area contributed by atoms with E-state index in [-0.39, 0.29) is 5.91 Å². The van der Waals surface area contributed by atoms with E-state index in [0.717, 1.165) is 54.1 Å². The maximum atomic E-state index is 12.8. The molecule has 0 saturated carbocycles. The summed E-state index contributed by atoms with van der Waals surface area (Å²) in [5.41, 5.74) is 3.10. The second-order valence-corrected chi connectivity index (χ2v) is 7.76. The summed E-state index contributed by atoms with van der Waals surface area (Å²) >= 11 is 0. The maximum Gasteiger partial charge on any atom is 0.224 e. The monoisotopic (exact) mass is 403 g/mol. The van der Waals surface area contributed by atoms with Gasteiger partial charge in [0.2, 0.25) is 5.91 Å². The normalized spacial score (nSPS) is 14.9. The molecule has 0 bridgehead atoms. The van der Waals surface area contributed by atoms with Gasteiger partial charge in [-0.2, -0.15) is 0 Å². The van der Waals surface area contributed by atoms with Gasteiger partial charge in [0, 0.05) is 26.1 Å². The van der Waals surface area contributed by atoms with Crippen LogP contribution in [0.15, 0.2) is 48.5 Å². The lowest BCUT2D eigenvalue weighted by atomic mass is 10.2. The summed E-state index contributed by atoms with van der Waals surface area (Å²) < 4.78 is 7.38. The molecule has 0 radical (unpaired) electrons. The Bertz CT molecular complexity index is 1010. The highest BCUT2D eigenvalue weighted by Gasteiger charge is 2.16. The molecular weight excluding hydrogens is 374 g/mol. The predicted octanol–water partition coefficient (Wildman–Crippen LogP) is 5.01. The lowest BCUT2D eigenvalue weighted by Gasteiger charge is -2.20. The molecule has 156 valence electrons. The maximum absolute atomic E-state index is 12.8. The molecule has 2 aromatic carbocycles. The minimum Gasteiger partial charge on any atom is -0.497 e. The van der Waals surface area contributed by atoms with E-state index in [1.54, 1.807) is 7.11 Å². The van der Waals surface area contributed by atoms with Crippen LogP contribution in [0.2, 0.25) is 0 Å². The molecule has 1 saturated heterocycles. The van der Waals surface area contributed by atoms with Crippen molar-refractivity contribution in [3.63, 3.8) is 0 Å². The third kappa shape index (κ3) is 4.73. The van der Waals surface area contributed by atoms with Crippen molar-refractivity contribution in [1.82, 2.24) is 14.5 Å². The van der Waals surface area contributed by atoms with Crippen LogP contribution >= 0.6 is 0 Å². The quantitative estimate of drug-likeness (QED) is 0.581. The zero-order chi connectivity index (χ0) is 20.8. The van der Waals surface area contributed by atoms with Gasteiger partial charge in [0.15, 0.2) is 0 Å². The molecule has 1 fully saturated rings. The zero-order valence-corrected chi connectivity index (χ0v) is 17.6. The van der Waals surface area contributed by atoms with Gasteiger partial charge in [-0.1, -0.05) is 43.2 Å². The van der Waals surface area contributed by atoms with Crippen molar-refractivity contribution < 1.29 is 9.53 Å². The zero-order valence-electron chi connectivity index (χ0n) is 17.6. The van der Waals surface area contributed by atoms with Crippen LogP contribution < -0.4 is 4.74 Å². The summed E-state index contributed by atoms with van der Waals surface area (Å²) in [6.45, 7) is 2.43. The Morgan fingerprint density at radius 2 is 1.73 bits per heavy atom. The van der Waals surface area contributed by atoms with Crippen LogP contribution in [0.3, 0.4) is 0 Å². The number of hydrogen-bond donors (Lipinski definition) is 0. The van der Waals surface area contributed by atoms with Crippen molar-refractivity contribution in [3.05, 3.63) is 59.9 Å². The van der Waals surface area contributed by atoms with Crippen molar-refractivity contribution in [2.75, 3.05) is 20.2 Å². The summed E-state index contributed by atoms with van der Waals surface area (Å²) in [6.07, 6.45) is 9.29. The molecule has 0 spiro atoms. The average Bonchev–Trinajstić information content (AvgIpc) is 2.93. The number of aromatic nitrogens is 2. The molecule has 3 aromatic rings. The van der Waals surface area contributed by atoms with Crippen LogP contribution in [0.25, 0.3) is 23.2 Å². The Labute approximate surface area is 178 Å². The van der Waals surface area contributed by atoms with E-state index in [1.807, 2.05) is 59.5 Å². The lowest BCUT2D eigenvalue weighted by Crippen LogP contribution is -2.32. The number of fused-ring (bicyclic) bond motifs is 1. The number of ether oxygens (including phenoxy) is 1. The van der Waals surface area contributed by atoms with Crippen molar-refractivity contribution in [2.45, 2.75) is 38.6 Å². The van der Waals surface area contributed by atoms with Crippen molar-refractivity contribution in [1.29, 1.82) is 0 Å². The first-order chi connectivity index (χ1) is 14.7. The fraction of sp³-hybridized carbons (Fsp3) is 0.360. The van der Waals surface area contributed by atoms with Gasteiger partial charge in [0.1, 0.15) is 11.6 Å². The number of amides is 1. The van der Waals surface area contributed by atoms with Gasteiger partial charge in [0.25, 0.3) is 0 Å². The molecule has 1 aromatic heterocycles. The Hall–Kier alpha value is -3.08. The molecule has 4 rings (SSSR count). The predicted molar refractivity (Wildman–Crippen MR) is 121 cm³/mol. The molecule has 5 heteroatoms. The first-order valence-electron chi connectivity index (χ1n) is 10.8. The summed E-state index contributed by atoms with van der Waals surface area (Å²) in [5.74, 6) is 1.96. The highest BCUT2D eigenvalue weighted by Crippen LogP contribution is 2.20. The Morgan fingerprint density at radius 3 is 2.47 bits per heavy atom. The van der Waals surface area contributed by atoms with Crippen LogP contribution in [0.5, 0.6) is 5.75 Å². The smallest absolute Gasteiger partial charge is 0.224 e. The Kier molecular flexibility index (Phi) is 6.47. The largest absolute Gasteiger partial charge is 0.497 e. The van der Waals surface area contributed by atoms with Crippen LogP contribution in [0.4, 0.5) is 0 Å². The lowest BCUT2D eigenvalue weighted by molar-refractivity contribution is -0.131. The number of benzene rings is 2. The van der Waals surface area contributed by atoms with Gasteiger partial charge in [0.05, 0.1) is 18.1 Å². The number of likely N-dealkylation sites (tertiary alicyclic amines) is 1. The molecule has 1 aliphatic heterocycles. The molecule has 0 aliphatic carbocycles. The molecule has 0 atom stereocenters. The van der Waals surface area contributed by atoms with Gasteiger partial charge in [-0.05, 0) is 48.7 Å². The van der Waals surface area contributed by atoms with Crippen LogP contribution in [0.1, 0.15) is 43.5 Å². The highest BCUT2D eigenvalue weighted by molar-refractivity contribution is 5.81. The number of para-hydroxylation sites is 2. The minimum atomic E-state index is 0.250. The van der Waals surface area contributed by atoms with Crippen molar-refractivity contribution in [2.24, 2.45) is 0 Å². The number of carbonyl (C=O) groups excluding carboxylic acids is 1. The topological polar surface area (TPSA) is 47.4 Å². The SMILES string of the molecule is COc1ccc(/C=C/c2nc3ccccc3n2CCC(=O)N2CCCCCC2)cc1. The first-order valence-corrected chi connectivity index (χ1v) is 10.8. The summed E-state index contributed by atoms with van der Waals surface area (Å²) in [5, 5.41) is 0. The standard InChI is InChI=1S/C25H29N3O2/c1-30-21-13-10-20(11-14-21)12-15-24-26-22-8-4-5-9-23(22)28(24)19-16-25(29)27-17-6-2-3-7-18-27/h4-5,8-15H,2-3,6-7,16-19H2,1H3/b15-12+. The fourth-order valence-corrected chi connectivity index (χ4v) is 4.03. The number of carbonyl (C=O) groups is 1. The second-order valence-electron chi connectivity index (χ2n) is 7.76. The van der Waals surface area contributed by atoms with Gasteiger partial charge < -0.3 is 14.2 Å². The molecule has 30 heavy (non-hydrogen) atoms. The van der Waals surface area contributed by atoms with Crippen LogP contribution in [-0.4, -0.2) is 40.6 Å². The Morgan fingerprint density at radius 1 is 1.00 bits per heavy atom. The van der Waals surface area contributed by atoms with Crippen LogP contribution in [0, 0.1) is 0 Å². The molecule has 2 heterocycles. The highest BCUT2D eigenvalue weighted by atomic mass is 16.5. The third-order valence-corrected chi connectivity index (χ3v) is 5.73. The number of nitrogens with zero attached hydrogens (tertiary/aromatic N) is 3. The van der Waals surface area contributed by atoms with E-state index in [9.17, 15) is 4.79 Å². The van der Waals surface area contributed by atoms with E-state index in [4.69, 9.17) is 9.72 Å². The number of methoxy groups -OCH3 is 1. The first kappa shape index (κ1) is 20.2. The second kappa shape index (κ2) is 9.61. The van der Waals surface area contributed by atoms with E-state index in [2.05, 4.69) is 10.6 Å². The van der Waals surface area contributed by atoms with Crippen molar-refractivity contribution in [3.8, 4) is 5.75 Å². The molecule has 1 amide bonds. The Balaban J connectivity index is 1.53. The molecule has 0 N–H and O–H groups in total. The van der Waals surface area contributed by atoms with E-state index in [1.165, 1.54) is 12.8 Å². The van der Waals surface area contributed by atoms with Crippen LogP contribution in [-0.2, 0) is 11.3 Å². The van der Waals surface area contributed by atoms with Gasteiger partial charge in [-0.25, -0.2) is 4.98 Å². The van der Waals surface area contributed by atoms with Crippen molar-refractivity contribution >= 4 is 29.1 Å². The summed E-state index contributed by atoms with van der Waals surface area (Å²) in [6, 6.07) is 16.0. The average molecular weight is 404 g/mol. The minimum absolute atomic E-state index is 0.250. The van der Waals surface area contributed by atoms with E-state index < -0.39 is 0 Å². The number of rotatable bonds is 6. The molecule has 5 nitrogen and oxygen atoms in total. The molecule has 0 unspecified atom stereocenters. The van der Waals surface area contributed by atoms with Gasteiger partial charge in [-0.15, -0.1) is 0 Å². The number of imidazole rings is 1. The van der Waals surface area contributed by atoms with Gasteiger partial charge in [-0.3, -0.25) is 4.79 Å². The van der Waals surface area contributed by atoms with E-state index >= 15 is 0 Å². The fourth-order valence-electron chi connectivity index (χ4n) is 4.03. The number of hydrogen-bond acceptors (Lipinski definition) is 3. The molecular formula is C25H29N3O2. The third-order valence-electron chi connectivity index (χ3n) is 5.73. The summed E-state index contributed by atoms with van der Waals surface area (Å²) in [4.78, 5) is 19.6. The summed E-state index contributed by atoms with van der Waals surface area (Å²) in [7, 11) is 1.67. The van der Waals surface area contributed by atoms with Gasteiger partial charge >= 0.3 is 0 Å². The van der Waals surface area contributed by atoms with E-state index in [0.29, 0.717) is 13.0 Å². The number of aryl methyl sites for hydroxylation is 1.